The lowest BCUT2D eigenvalue weighted by molar-refractivity contribution is -0.179. The maximum absolute atomic E-state index is 10.2. The van der Waals surface area contributed by atoms with Crippen molar-refractivity contribution in [1.82, 2.24) is 0 Å². The van der Waals surface area contributed by atoms with E-state index in [0.29, 0.717) is 19.7 Å². The van der Waals surface area contributed by atoms with Gasteiger partial charge in [-0.05, 0) is 26.7 Å². The topological polar surface area (TPSA) is 35.5 Å². The van der Waals surface area contributed by atoms with E-state index < -0.39 is 5.60 Å². The van der Waals surface area contributed by atoms with Gasteiger partial charge < -0.3 is 9.47 Å². The molecular weight excluding hydrogens is 168 g/mol. The number of hydrogen-bond donors (Lipinski definition) is 0. The largest absolute Gasteiger partial charge is 0.443 e. The Bertz CT molecular complexity index is 248. The third-order valence-electron chi connectivity index (χ3n) is 1.61. The van der Waals surface area contributed by atoms with Gasteiger partial charge in [-0.2, -0.15) is 0 Å². The highest BCUT2D eigenvalue weighted by atomic mass is 16.6. The Labute approximate surface area is 78.4 Å². The van der Waals surface area contributed by atoms with Gasteiger partial charge >= 0.3 is 0 Å². The van der Waals surface area contributed by atoms with E-state index in [1.807, 2.05) is 20.8 Å². The van der Waals surface area contributed by atoms with Gasteiger partial charge in [-0.25, -0.2) is 0 Å². The molecule has 72 valence electrons. The minimum Gasteiger partial charge on any atom is -0.443 e. The summed E-state index contributed by atoms with van der Waals surface area (Å²) in [5, 5.41) is 0. The fourth-order valence-corrected chi connectivity index (χ4v) is 0.851. The van der Waals surface area contributed by atoms with Gasteiger partial charge in [0.1, 0.15) is 13.2 Å². The molecule has 0 amide bonds. The summed E-state index contributed by atoms with van der Waals surface area (Å²) in [6, 6.07) is 0. The van der Waals surface area contributed by atoms with Gasteiger partial charge in [0, 0.05) is 5.41 Å². The molecule has 3 heteroatoms. The Hall–Kier alpha value is -1.01. The van der Waals surface area contributed by atoms with Crippen molar-refractivity contribution in [1.29, 1.82) is 0 Å². The highest BCUT2D eigenvalue weighted by Crippen LogP contribution is 2.21. The van der Waals surface area contributed by atoms with Gasteiger partial charge in [-0.1, -0.05) is 5.92 Å². The van der Waals surface area contributed by atoms with E-state index >= 15 is 0 Å². The summed E-state index contributed by atoms with van der Waals surface area (Å²) in [5.41, 5.74) is -0.746. The lowest BCUT2D eigenvalue weighted by Crippen LogP contribution is -2.50. The van der Waals surface area contributed by atoms with E-state index in [2.05, 4.69) is 11.8 Å². The third kappa shape index (κ3) is 2.74. The van der Waals surface area contributed by atoms with Crippen LogP contribution >= 0.6 is 0 Å². The average Bonchev–Trinajstić information content (AvgIpc) is 1.92. The molecule has 0 N–H and O–H groups in total. The fourth-order valence-electron chi connectivity index (χ4n) is 0.851. The van der Waals surface area contributed by atoms with E-state index in [4.69, 9.17) is 9.47 Å². The Morgan fingerprint density at radius 2 is 2.08 bits per heavy atom. The molecule has 0 aromatic rings. The van der Waals surface area contributed by atoms with Gasteiger partial charge in [0.15, 0.2) is 0 Å². The summed E-state index contributed by atoms with van der Waals surface area (Å²) in [6.07, 6.45) is 0. The smallest absolute Gasteiger partial charge is 0.294 e. The second kappa shape index (κ2) is 3.39. The number of ether oxygens (including phenoxy) is 2. The van der Waals surface area contributed by atoms with Crippen molar-refractivity contribution < 1.29 is 14.3 Å². The quantitative estimate of drug-likeness (QED) is 0.471. The lowest BCUT2D eigenvalue weighted by Gasteiger charge is -2.34. The summed E-state index contributed by atoms with van der Waals surface area (Å²) in [4.78, 5) is 10.2. The molecule has 3 nitrogen and oxygen atoms in total. The highest BCUT2D eigenvalue weighted by Gasteiger charge is 2.39. The van der Waals surface area contributed by atoms with Crippen LogP contribution in [-0.4, -0.2) is 25.3 Å². The maximum Gasteiger partial charge on any atom is 0.294 e. The molecule has 1 saturated heterocycles. The molecule has 0 spiro atoms. The van der Waals surface area contributed by atoms with Crippen LogP contribution in [0.2, 0.25) is 0 Å². The van der Waals surface area contributed by atoms with Crippen LogP contribution in [0.15, 0.2) is 0 Å². The first-order valence-electron chi connectivity index (χ1n) is 4.21. The number of hydrogen-bond acceptors (Lipinski definition) is 3. The predicted molar refractivity (Wildman–Crippen MR) is 47.9 cm³/mol. The Kier molecular flexibility index (Phi) is 2.63. The number of carbonyl (C=O) groups is 1. The minimum atomic E-state index is -0.672. The standard InChI is InChI=1S/C10H14O3/c1-9(2,3)4-5-10(13-8-11)6-12-7-10/h8H,6-7H2,1-3H3. The summed E-state index contributed by atoms with van der Waals surface area (Å²) < 4.78 is 9.85. The zero-order valence-electron chi connectivity index (χ0n) is 8.22. The lowest BCUT2D eigenvalue weighted by atomic mass is 9.94. The van der Waals surface area contributed by atoms with Crippen molar-refractivity contribution in [3.63, 3.8) is 0 Å². The molecule has 0 aliphatic carbocycles. The molecule has 0 unspecified atom stereocenters. The van der Waals surface area contributed by atoms with Crippen LogP contribution < -0.4 is 0 Å². The number of rotatable bonds is 2. The highest BCUT2D eigenvalue weighted by molar-refractivity contribution is 5.41. The van der Waals surface area contributed by atoms with E-state index in [9.17, 15) is 4.79 Å². The van der Waals surface area contributed by atoms with Crippen molar-refractivity contribution in [3.8, 4) is 11.8 Å². The van der Waals surface area contributed by atoms with Crippen LogP contribution in [-0.2, 0) is 14.3 Å². The second-order valence-electron chi connectivity index (χ2n) is 4.20. The van der Waals surface area contributed by atoms with E-state index in [1.165, 1.54) is 0 Å². The molecule has 0 atom stereocenters. The Balaban J connectivity index is 2.66. The molecule has 0 aromatic heterocycles. The Morgan fingerprint density at radius 3 is 2.38 bits per heavy atom. The van der Waals surface area contributed by atoms with Gasteiger partial charge in [0.2, 0.25) is 5.60 Å². The monoisotopic (exact) mass is 182 g/mol. The molecule has 1 aliphatic heterocycles. The summed E-state index contributed by atoms with van der Waals surface area (Å²) >= 11 is 0. The molecule has 1 aliphatic rings. The van der Waals surface area contributed by atoms with Crippen molar-refractivity contribution in [2.75, 3.05) is 13.2 Å². The minimum absolute atomic E-state index is 0.0746. The van der Waals surface area contributed by atoms with Crippen molar-refractivity contribution in [2.24, 2.45) is 5.41 Å². The molecule has 0 bridgehead atoms. The molecule has 1 rings (SSSR count). The zero-order valence-corrected chi connectivity index (χ0v) is 8.22. The first-order chi connectivity index (χ1) is 5.97. The Morgan fingerprint density at radius 1 is 1.46 bits per heavy atom. The van der Waals surface area contributed by atoms with Gasteiger partial charge in [-0.15, -0.1) is 0 Å². The maximum atomic E-state index is 10.2. The summed E-state index contributed by atoms with van der Waals surface area (Å²) in [5.74, 6) is 5.98. The van der Waals surface area contributed by atoms with Gasteiger partial charge in [0.05, 0.1) is 0 Å². The SMILES string of the molecule is CC(C)(C)C#CC1(OC=O)COC1. The fraction of sp³-hybridized carbons (Fsp3) is 0.700. The molecule has 1 fully saturated rings. The third-order valence-corrected chi connectivity index (χ3v) is 1.61. The zero-order chi connectivity index (χ0) is 9.95. The first kappa shape index (κ1) is 10.1. The normalized spacial score (nSPS) is 19.3. The summed E-state index contributed by atoms with van der Waals surface area (Å²) in [6.45, 7) is 7.22. The van der Waals surface area contributed by atoms with Crippen LogP contribution in [0.5, 0.6) is 0 Å². The molecular formula is C10H14O3. The van der Waals surface area contributed by atoms with Crippen LogP contribution in [0.25, 0.3) is 0 Å². The first-order valence-corrected chi connectivity index (χ1v) is 4.21. The van der Waals surface area contributed by atoms with E-state index in [0.717, 1.165) is 0 Å². The molecule has 0 saturated carbocycles. The van der Waals surface area contributed by atoms with Gasteiger partial charge in [0.25, 0.3) is 6.47 Å². The van der Waals surface area contributed by atoms with Crippen LogP contribution in [0.4, 0.5) is 0 Å². The average molecular weight is 182 g/mol. The van der Waals surface area contributed by atoms with Crippen LogP contribution in [0, 0.1) is 17.3 Å². The van der Waals surface area contributed by atoms with Gasteiger partial charge in [-0.3, -0.25) is 4.79 Å². The molecule has 13 heavy (non-hydrogen) atoms. The second-order valence-corrected chi connectivity index (χ2v) is 4.20. The molecule has 0 radical (unpaired) electrons. The van der Waals surface area contributed by atoms with Crippen molar-refractivity contribution in [2.45, 2.75) is 26.4 Å². The summed E-state index contributed by atoms with van der Waals surface area (Å²) in [7, 11) is 0. The van der Waals surface area contributed by atoms with Crippen LogP contribution in [0.3, 0.4) is 0 Å². The van der Waals surface area contributed by atoms with E-state index in [-0.39, 0.29) is 5.41 Å². The molecule has 0 aromatic carbocycles. The molecule has 1 heterocycles. The van der Waals surface area contributed by atoms with Crippen molar-refractivity contribution >= 4 is 6.47 Å². The van der Waals surface area contributed by atoms with Crippen LogP contribution in [0.1, 0.15) is 20.8 Å². The predicted octanol–water partition coefficient (Wildman–Crippen LogP) is 0.978. The number of carbonyl (C=O) groups excluding carboxylic acids is 1. The van der Waals surface area contributed by atoms with E-state index in [1.54, 1.807) is 0 Å². The van der Waals surface area contributed by atoms with Crippen molar-refractivity contribution in [3.05, 3.63) is 0 Å².